The van der Waals surface area contributed by atoms with E-state index in [4.69, 9.17) is 0 Å². The van der Waals surface area contributed by atoms with Crippen LogP contribution in [0.4, 0.5) is 0 Å². The highest BCUT2D eigenvalue weighted by Crippen LogP contribution is 2.22. The number of hydrogen-bond acceptors (Lipinski definition) is 4. The number of piperidine rings is 1. The molecule has 2 heterocycles. The van der Waals surface area contributed by atoms with Crippen LogP contribution in [0.2, 0.25) is 0 Å². The fourth-order valence-corrected chi connectivity index (χ4v) is 4.36. The summed E-state index contributed by atoms with van der Waals surface area (Å²) in [5.74, 6) is 0.295. The predicted molar refractivity (Wildman–Crippen MR) is 91.9 cm³/mol. The van der Waals surface area contributed by atoms with Crippen molar-refractivity contribution in [2.45, 2.75) is 43.2 Å². The van der Waals surface area contributed by atoms with Crippen molar-refractivity contribution in [2.24, 2.45) is 0 Å². The van der Waals surface area contributed by atoms with Gasteiger partial charge in [-0.1, -0.05) is 12.1 Å². The number of hydrogen-bond donors (Lipinski definition) is 1. The smallest absolute Gasteiger partial charge is 0.240 e. The summed E-state index contributed by atoms with van der Waals surface area (Å²) in [7, 11) is -1.97. The van der Waals surface area contributed by atoms with E-state index in [1.165, 1.54) is 7.05 Å². The fraction of sp³-hybridized carbons (Fsp3) is 0.588. The second-order valence-electron chi connectivity index (χ2n) is 6.57. The van der Waals surface area contributed by atoms with Gasteiger partial charge in [0.2, 0.25) is 15.9 Å². The molecule has 1 N–H and O–H groups in total. The van der Waals surface area contributed by atoms with Crippen molar-refractivity contribution in [1.82, 2.24) is 14.5 Å². The molecule has 2 aliphatic heterocycles. The van der Waals surface area contributed by atoms with Gasteiger partial charge in [0.1, 0.15) is 0 Å². The standard InChI is InChI=1S/C17H25N3O3S/c1-18-24(22,23)16-8-6-14(7-9-16)12-19-10-2-4-15(13-19)20-11-3-5-17(20)21/h6-9,15,18H,2-5,10-13H2,1H3/t15-/m1/s1. The molecule has 1 atom stereocenters. The molecule has 6 nitrogen and oxygen atoms in total. The van der Waals surface area contributed by atoms with E-state index < -0.39 is 10.0 Å². The molecule has 2 fully saturated rings. The molecular weight excluding hydrogens is 326 g/mol. The third kappa shape index (κ3) is 3.79. The third-order valence-corrected chi connectivity index (χ3v) is 6.37. The van der Waals surface area contributed by atoms with Crippen LogP contribution in [0, 0.1) is 0 Å². The molecule has 2 saturated heterocycles. The zero-order chi connectivity index (χ0) is 17.2. The van der Waals surface area contributed by atoms with Crippen molar-refractivity contribution in [1.29, 1.82) is 0 Å². The minimum Gasteiger partial charge on any atom is -0.338 e. The van der Waals surface area contributed by atoms with E-state index in [2.05, 4.69) is 14.5 Å². The Morgan fingerprint density at radius 3 is 2.54 bits per heavy atom. The van der Waals surface area contributed by atoms with E-state index in [9.17, 15) is 13.2 Å². The van der Waals surface area contributed by atoms with E-state index in [0.717, 1.165) is 51.0 Å². The zero-order valence-corrected chi connectivity index (χ0v) is 14.9. The summed E-state index contributed by atoms with van der Waals surface area (Å²) in [6.45, 7) is 3.61. The lowest BCUT2D eigenvalue weighted by Gasteiger charge is -2.37. The molecular formula is C17H25N3O3S. The summed E-state index contributed by atoms with van der Waals surface area (Å²) in [6.07, 6.45) is 3.86. The summed E-state index contributed by atoms with van der Waals surface area (Å²) in [6, 6.07) is 7.36. The molecule has 24 heavy (non-hydrogen) atoms. The third-order valence-electron chi connectivity index (χ3n) is 4.94. The van der Waals surface area contributed by atoms with Crippen LogP contribution in [0.15, 0.2) is 29.2 Å². The lowest BCUT2D eigenvalue weighted by Crippen LogP contribution is -2.48. The molecule has 7 heteroatoms. The molecule has 0 aromatic heterocycles. The number of nitrogens with one attached hydrogen (secondary N) is 1. The monoisotopic (exact) mass is 351 g/mol. The SMILES string of the molecule is CNS(=O)(=O)c1ccc(CN2CCC[C@@H](N3CCCC3=O)C2)cc1. The van der Waals surface area contributed by atoms with E-state index in [-0.39, 0.29) is 4.90 Å². The molecule has 0 unspecified atom stereocenters. The van der Waals surface area contributed by atoms with Crippen molar-refractivity contribution in [2.75, 3.05) is 26.7 Å². The van der Waals surface area contributed by atoms with E-state index >= 15 is 0 Å². The second kappa shape index (κ2) is 7.21. The molecule has 0 saturated carbocycles. The largest absolute Gasteiger partial charge is 0.338 e. The second-order valence-corrected chi connectivity index (χ2v) is 8.46. The highest BCUT2D eigenvalue weighted by Gasteiger charge is 2.31. The summed E-state index contributed by atoms with van der Waals surface area (Å²) >= 11 is 0. The average molecular weight is 351 g/mol. The van der Waals surface area contributed by atoms with Crippen LogP contribution in [0.3, 0.4) is 0 Å². The Labute approximate surface area is 143 Å². The molecule has 132 valence electrons. The first-order chi connectivity index (χ1) is 11.5. The van der Waals surface area contributed by atoms with Gasteiger partial charge in [-0.25, -0.2) is 13.1 Å². The van der Waals surface area contributed by atoms with Gasteiger partial charge >= 0.3 is 0 Å². The van der Waals surface area contributed by atoms with Crippen LogP contribution in [0.25, 0.3) is 0 Å². The maximum Gasteiger partial charge on any atom is 0.240 e. The topological polar surface area (TPSA) is 69.7 Å². The van der Waals surface area contributed by atoms with Crippen molar-refractivity contribution in [3.63, 3.8) is 0 Å². The van der Waals surface area contributed by atoms with Crippen LogP contribution < -0.4 is 4.72 Å². The van der Waals surface area contributed by atoms with Crippen LogP contribution in [-0.4, -0.2) is 56.8 Å². The van der Waals surface area contributed by atoms with Crippen LogP contribution in [0.1, 0.15) is 31.2 Å². The average Bonchev–Trinajstić information content (AvgIpc) is 3.02. The molecule has 3 rings (SSSR count). The van der Waals surface area contributed by atoms with Gasteiger partial charge in [0.25, 0.3) is 0 Å². The molecule has 1 aromatic rings. The van der Waals surface area contributed by atoms with Crippen molar-refractivity contribution >= 4 is 15.9 Å². The fourth-order valence-electron chi connectivity index (χ4n) is 3.63. The number of nitrogens with zero attached hydrogens (tertiary/aromatic N) is 2. The van der Waals surface area contributed by atoms with Crippen LogP contribution in [-0.2, 0) is 21.4 Å². The number of sulfonamides is 1. The first-order valence-corrected chi connectivity index (χ1v) is 10.0. The molecule has 0 spiro atoms. The highest BCUT2D eigenvalue weighted by molar-refractivity contribution is 7.89. The molecule has 0 aliphatic carbocycles. The first kappa shape index (κ1) is 17.4. The van der Waals surface area contributed by atoms with Gasteiger partial charge in [0.05, 0.1) is 4.90 Å². The number of rotatable bonds is 5. The van der Waals surface area contributed by atoms with E-state index in [1.54, 1.807) is 12.1 Å². The Morgan fingerprint density at radius 1 is 1.17 bits per heavy atom. The Balaban J connectivity index is 1.62. The molecule has 0 bridgehead atoms. The first-order valence-electron chi connectivity index (χ1n) is 8.54. The van der Waals surface area contributed by atoms with Gasteiger partial charge in [0.15, 0.2) is 0 Å². The molecule has 0 radical (unpaired) electrons. The number of carbonyl (C=O) groups excluding carboxylic acids is 1. The van der Waals surface area contributed by atoms with Crippen LogP contribution >= 0.6 is 0 Å². The minimum atomic E-state index is -3.38. The Bertz CT molecular complexity index is 688. The number of amides is 1. The molecule has 1 aromatic carbocycles. The maximum absolute atomic E-state index is 11.9. The lowest BCUT2D eigenvalue weighted by molar-refractivity contribution is -0.130. The Hall–Kier alpha value is -1.44. The summed E-state index contributed by atoms with van der Waals surface area (Å²) in [5, 5.41) is 0. The van der Waals surface area contributed by atoms with Gasteiger partial charge in [0, 0.05) is 32.1 Å². The predicted octanol–water partition coefficient (Wildman–Crippen LogP) is 1.18. The highest BCUT2D eigenvalue weighted by atomic mass is 32.2. The van der Waals surface area contributed by atoms with E-state index in [1.807, 2.05) is 12.1 Å². The maximum atomic E-state index is 11.9. The van der Waals surface area contributed by atoms with Crippen molar-refractivity contribution in [3.8, 4) is 0 Å². The quantitative estimate of drug-likeness (QED) is 0.865. The zero-order valence-electron chi connectivity index (χ0n) is 14.1. The van der Waals surface area contributed by atoms with Crippen LogP contribution in [0.5, 0.6) is 0 Å². The minimum absolute atomic E-state index is 0.285. The Kier molecular flexibility index (Phi) is 5.22. The van der Waals surface area contributed by atoms with Gasteiger partial charge in [-0.2, -0.15) is 0 Å². The summed E-state index contributed by atoms with van der Waals surface area (Å²) in [4.78, 5) is 16.6. The van der Waals surface area contributed by atoms with E-state index in [0.29, 0.717) is 18.4 Å². The van der Waals surface area contributed by atoms with Gasteiger partial charge in [-0.15, -0.1) is 0 Å². The number of benzene rings is 1. The van der Waals surface area contributed by atoms with Gasteiger partial charge in [-0.3, -0.25) is 9.69 Å². The normalized spacial score (nSPS) is 23.0. The van der Waals surface area contributed by atoms with Crippen molar-refractivity contribution in [3.05, 3.63) is 29.8 Å². The lowest BCUT2D eigenvalue weighted by atomic mass is 10.0. The summed E-state index contributed by atoms with van der Waals surface area (Å²) < 4.78 is 25.9. The van der Waals surface area contributed by atoms with Gasteiger partial charge in [-0.05, 0) is 50.6 Å². The molecule has 1 amide bonds. The summed E-state index contributed by atoms with van der Waals surface area (Å²) in [5.41, 5.74) is 1.10. The number of carbonyl (C=O) groups is 1. The Morgan fingerprint density at radius 2 is 1.92 bits per heavy atom. The number of likely N-dealkylation sites (tertiary alicyclic amines) is 2. The molecule has 2 aliphatic rings. The van der Waals surface area contributed by atoms with Crippen molar-refractivity contribution < 1.29 is 13.2 Å². The van der Waals surface area contributed by atoms with Gasteiger partial charge < -0.3 is 4.90 Å².